The molecular formula is C26H29F2N7O. The number of nitrogens with zero attached hydrogens (tertiary/aromatic N) is 7. The van der Waals surface area contributed by atoms with Gasteiger partial charge < -0.3 is 5.11 Å². The van der Waals surface area contributed by atoms with Crippen LogP contribution >= 0.6 is 0 Å². The van der Waals surface area contributed by atoms with Gasteiger partial charge in [-0.2, -0.15) is 9.78 Å². The fourth-order valence-corrected chi connectivity index (χ4v) is 4.55. The van der Waals surface area contributed by atoms with E-state index in [0.29, 0.717) is 36.0 Å². The van der Waals surface area contributed by atoms with Crippen LogP contribution in [-0.4, -0.2) is 40.0 Å². The molecule has 0 amide bonds. The topological polar surface area (TPSA) is 102 Å². The number of rotatable bonds is 9. The van der Waals surface area contributed by atoms with Gasteiger partial charge in [0.15, 0.2) is 5.82 Å². The van der Waals surface area contributed by atoms with Crippen LogP contribution in [0.4, 0.5) is 8.78 Å². The molecular weight excluding hydrogens is 464 g/mol. The van der Waals surface area contributed by atoms with Gasteiger partial charge in [-0.1, -0.05) is 32.8 Å². The third-order valence-corrected chi connectivity index (χ3v) is 6.24. The molecule has 0 aliphatic rings. The molecule has 1 N–H and O–H groups in total. The van der Waals surface area contributed by atoms with Crippen LogP contribution in [0.1, 0.15) is 68.6 Å². The van der Waals surface area contributed by atoms with Crippen molar-refractivity contribution in [1.29, 1.82) is 0 Å². The molecule has 4 rings (SSSR count). The highest BCUT2D eigenvalue weighted by atomic mass is 19.1. The van der Waals surface area contributed by atoms with Crippen LogP contribution in [0, 0.1) is 18.6 Å². The van der Waals surface area contributed by atoms with Crippen LogP contribution in [0.2, 0.25) is 0 Å². The van der Waals surface area contributed by atoms with Gasteiger partial charge in [0.1, 0.15) is 24.1 Å². The Kier molecular flexibility index (Phi) is 7.44. The van der Waals surface area contributed by atoms with E-state index in [2.05, 4.69) is 32.2 Å². The summed E-state index contributed by atoms with van der Waals surface area (Å²) < 4.78 is 30.5. The molecule has 0 unspecified atom stereocenters. The highest BCUT2D eigenvalue weighted by Crippen LogP contribution is 2.37. The van der Waals surface area contributed by atoms with E-state index in [1.807, 2.05) is 19.9 Å². The van der Waals surface area contributed by atoms with Crippen molar-refractivity contribution in [2.24, 2.45) is 0 Å². The van der Waals surface area contributed by atoms with Gasteiger partial charge in [0.05, 0.1) is 28.1 Å². The predicted molar refractivity (Wildman–Crippen MR) is 130 cm³/mol. The van der Waals surface area contributed by atoms with Crippen molar-refractivity contribution < 1.29 is 13.9 Å². The Balaban J connectivity index is 1.86. The van der Waals surface area contributed by atoms with E-state index in [1.165, 1.54) is 22.9 Å². The molecule has 4 aromatic rings. The standard InChI is InChI=1S/C26H29F2N7O/c1-5-8-17-14-20(23-18(27)9-7-10-19(23)28)32-33-24(17)26(4,12-6-2)21-11-13-29-25(31-21)35-16(3)30-22(15-36)34-35/h7,9-11,13-14,36H,5-6,8,12,15H2,1-4H3/t26-/m0/s1. The Bertz CT molecular complexity index is 1350. The molecule has 0 radical (unpaired) electrons. The van der Waals surface area contributed by atoms with Crippen LogP contribution in [0.15, 0.2) is 36.5 Å². The van der Waals surface area contributed by atoms with Crippen molar-refractivity contribution in [3.63, 3.8) is 0 Å². The van der Waals surface area contributed by atoms with Crippen LogP contribution in [0.3, 0.4) is 0 Å². The number of aliphatic hydroxyl groups excluding tert-OH is 1. The van der Waals surface area contributed by atoms with Crippen LogP contribution in [-0.2, 0) is 18.4 Å². The van der Waals surface area contributed by atoms with Crippen LogP contribution in [0.25, 0.3) is 17.2 Å². The summed E-state index contributed by atoms with van der Waals surface area (Å²) in [7, 11) is 0. The first-order valence-electron chi connectivity index (χ1n) is 12.0. The summed E-state index contributed by atoms with van der Waals surface area (Å²) in [5.74, 6) is -0.195. The Labute approximate surface area is 208 Å². The fraction of sp³-hybridized carbons (Fsp3) is 0.385. The number of aryl methyl sites for hydroxylation is 2. The van der Waals surface area contributed by atoms with Gasteiger partial charge in [0, 0.05) is 6.20 Å². The molecule has 0 aliphatic heterocycles. The summed E-state index contributed by atoms with van der Waals surface area (Å²) in [4.78, 5) is 13.4. The number of aromatic nitrogens is 7. The second-order valence-electron chi connectivity index (χ2n) is 8.92. The second-order valence-corrected chi connectivity index (χ2v) is 8.92. The summed E-state index contributed by atoms with van der Waals surface area (Å²) in [5, 5.41) is 22.5. The Morgan fingerprint density at radius 2 is 1.78 bits per heavy atom. The smallest absolute Gasteiger partial charge is 0.252 e. The first kappa shape index (κ1) is 25.4. The molecule has 0 spiro atoms. The van der Waals surface area contributed by atoms with Gasteiger partial charge in [-0.25, -0.2) is 23.7 Å². The fourth-order valence-electron chi connectivity index (χ4n) is 4.55. The maximum atomic E-state index is 14.5. The predicted octanol–water partition coefficient (Wildman–Crippen LogP) is 4.65. The van der Waals surface area contributed by atoms with E-state index < -0.39 is 17.0 Å². The molecule has 0 bridgehead atoms. The van der Waals surface area contributed by atoms with Crippen molar-refractivity contribution in [3.05, 3.63) is 76.8 Å². The van der Waals surface area contributed by atoms with Crippen molar-refractivity contribution in [2.45, 2.75) is 65.4 Å². The van der Waals surface area contributed by atoms with Gasteiger partial charge in [-0.15, -0.1) is 10.2 Å². The number of benzene rings is 1. The van der Waals surface area contributed by atoms with E-state index in [9.17, 15) is 13.9 Å². The molecule has 36 heavy (non-hydrogen) atoms. The molecule has 1 aromatic carbocycles. The minimum Gasteiger partial charge on any atom is -0.388 e. The molecule has 0 saturated carbocycles. The third-order valence-electron chi connectivity index (χ3n) is 6.24. The lowest BCUT2D eigenvalue weighted by atomic mass is 9.76. The highest BCUT2D eigenvalue weighted by molar-refractivity contribution is 5.61. The SMILES string of the molecule is CCCc1cc(-c2c(F)cccc2F)nnc1[C@@](C)(CCC)c1ccnc(-n2nc(CO)nc2C)n1. The lowest BCUT2D eigenvalue weighted by Gasteiger charge is -2.30. The van der Waals surface area contributed by atoms with E-state index in [-0.39, 0.29) is 23.7 Å². The monoisotopic (exact) mass is 493 g/mol. The van der Waals surface area contributed by atoms with Crippen molar-refractivity contribution in [3.8, 4) is 17.2 Å². The number of aliphatic hydroxyl groups is 1. The number of hydrogen-bond acceptors (Lipinski definition) is 7. The van der Waals surface area contributed by atoms with Crippen molar-refractivity contribution in [2.75, 3.05) is 0 Å². The summed E-state index contributed by atoms with van der Waals surface area (Å²) in [6.07, 6.45) is 4.68. The Morgan fingerprint density at radius 3 is 2.42 bits per heavy atom. The minimum absolute atomic E-state index is 0.162. The molecule has 1 atom stereocenters. The molecule has 0 saturated heterocycles. The van der Waals surface area contributed by atoms with E-state index in [0.717, 1.165) is 18.4 Å². The summed E-state index contributed by atoms with van der Waals surface area (Å²) >= 11 is 0. The van der Waals surface area contributed by atoms with E-state index in [4.69, 9.17) is 4.98 Å². The summed E-state index contributed by atoms with van der Waals surface area (Å²) in [6, 6.07) is 7.32. The van der Waals surface area contributed by atoms with Crippen molar-refractivity contribution >= 4 is 0 Å². The maximum Gasteiger partial charge on any atom is 0.252 e. The van der Waals surface area contributed by atoms with E-state index >= 15 is 0 Å². The van der Waals surface area contributed by atoms with Crippen LogP contribution < -0.4 is 0 Å². The molecule has 8 nitrogen and oxygen atoms in total. The largest absolute Gasteiger partial charge is 0.388 e. The molecule has 0 aliphatic carbocycles. The third kappa shape index (κ3) is 4.73. The first-order valence-corrected chi connectivity index (χ1v) is 12.0. The molecule has 3 aromatic heterocycles. The normalized spacial score (nSPS) is 13.1. The Morgan fingerprint density at radius 1 is 1.03 bits per heavy atom. The van der Waals surface area contributed by atoms with Gasteiger partial charge in [-0.3, -0.25) is 0 Å². The van der Waals surface area contributed by atoms with Gasteiger partial charge >= 0.3 is 0 Å². The maximum absolute atomic E-state index is 14.5. The van der Waals surface area contributed by atoms with Gasteiger partial charge in [0.2, 0.25) is 0 Å². The molecule has 0 fully saturated rings. The quantitative estimate of drug-likeness (QED) is 0.362. The average Bonchev–Trinajstić information content (AvgIpc) is 3.25. The van der Waals surface area contributed by atoms with E-state index in [1.54, 1.807) is 19.2 Å². The average molecular weight is 494 g/mol. The van der Waals surface area contributed by atoms with Crippen LogP contribution in [0.5, 0.6) is 0 Å². The molecule has 10 heteroatoms. The Hall–Kier alpha value is -3.66. The first-order chi connectivity index (χ1) is 17.3. The van der Waals surface area contributed by atoms with Gasteiger partial charge in [0.25, 0.3) is 5.95 Å². The number of hydrogen-bond donors (Lipinski definition) is 1. The molecule has 188 valence electrons. The lowest BCUT2D eigenvalue weighted by Crippen LogP contribution is -2.29. The zero-order valence-electron chi connectivity index (χ0n) is 20.8. The van der Waals surface area contributed by atoms with Crippen molar-refractivity contribution in [1.82, 2.24) is 34.9 Å². The summed E-state index contributed by atoms with van der Waals surface area (Å²) in [6.45, 7) is 7.64. The zero-order chi connectivity index (χ0) is 25.9. The zero-order valence-corrected chi connectivity index (χ0v) is 20.8. The highest BCUT2D eigenvalue weighted by Gasteiger charge is 2.35. The summed E-state index contributed by atoms with van der Waals surface area (Å²) in [5.41, 5.74) is 1.62. The minimum atomic E-state index is -0.679. The lowest BCUT2D eigenvalue weighted by molar-refractivity contribution is 0.271. The van der Waals surface area contributed by atoms with Gasteiger partial charge in [-0.05, 0) is 56.5 Å². The second kappa shape index (κ2) is 10.5. The molecule has 3 heterocycles. The number of halogens is 2.